The average molecular weight is 441 g/mol. The van der Waals surface area contributed by atoms with Crippen LogP contribution in [0.3, 0.4) is 0 Å². The lowest BCUT2D eigenvalue weighted by atomic mass is 10.0. The van der Waals surface area contributed by atoms with Crippen LogP contribution in [-0.2, 0) is 6.54 Å². The first-order chi connectivity index (χ1) is 15.2. The summed E-state index contributed by atoms with van der Waals surface area (Å²) in [6.45, 7) is 0.594. The summed E-state index contributed by atoms with van der Waals surface area (Å²) < 4.78 is 43.5. The second-order valence-corrected chi connectivity index (χ2v) is 7.36. The number of aryl methyl sites for hydroxylation is 1. The van der Waals surface area contributed by atoms with Gasteiger partial charge in [0.1, 0.15) is 12.8 Å². The van der Waals surface area contributed by atoms with E-state index >= 15 is 0 Å². The molecule has 1 N–H and O–H groups in total. The summed E-state index contributed by atoms with van der Waals surface area (Å²) in [6, 6.07) is 13.4. The Kier molecular flexibility index (Phi) is 5.56. The Morgan fingerprint density at radius 3 is 2.69 bits per heavy atom. The lowest BCUT2D eigenvalue weighted by Gasteiger charge is -2.11. The number of carbonyl (C=O) groups is 1. The SMILES string of the molecule is Cc1nocc1-c1ccc2c(=O)n(Cc3cccc(C(=O)NCC(F)(F)F)c3)ccc2c1. The van der Waals surface area contributed by atoms with Gasteiger partial charge in [-0.15, -0.1) is 0 Å². The highest BCUT2D eigenvalue weighted by Gasteiger charge is 2.27. The molecule has 0 bridgehead atoms. The van der Waals surface area contributed by atoms with Gasteiger partial charge in [-0.1, -0.05) is 23.4 Å². The van der Waals surface area contributed by atoms with E-state index in [-0.39, 0.29) is 17.7 Å². The second kappa shape index (κ2) is 8.33. The number of hydrogen-bond acceptors (Lipinski definition) is 4. The van der Waals surface area contributed by atoms with E-state index in [9.17, 15) is 22.8 Å². The van der Waals surface area contributed by atoms with E-state index in [0.29, 0.717) is 10.9 Å². The summed E-state index contributed by atoms with van der Waals surface area (Å²) in [4.78, 5) is 25.0. The van der Waals surface area contributed by atoms with Crippen molar-refractivity contribution in [3.8, 4) is 11.1 Å². The fourth-order valence-corrected chi connectivity index (χ4v) is 3.44. The van der Waals surface area contributed by atoms with Gasteiger partial charge in [0.05, 0.1) is 12.2 Å². The predicted octanol–water partition coefficient (Wildman–Crippen LogP) is 4.31. The molecule has 32 heavy (non-hydrogen) atoms. The first-order valence-corrected chi connectivity index (χ1v) is 9.70. The molecule has 0 atom stereocenters. The van der Waals surface area contributed by atoms with Crippen LogP contribution < -0.4 is 10.9 Å². The van der Waals surface area contributed by atoms with Crippen molar-refractivity contribution < 1.29 is 22.5 Å². The number of carbonyl (C=O) groups excluding carboxylic acids is 1. The van der Waals surface area contributed by atoms with Gasteiger partial charge in [-0.3, -0.25) is 9.59 Å². The Bertz CT molecular complexity index is 1360. The third kappa shape index (κ3) is 4.56. The molecule has 4 aromatic rings. The molecule has 0 aliphatic heterocycles. The van der Waals surface area contributed by atoms with Crippen molar-refractivity contribution in [2.24, 2.45) is 0 Å². The summed E-state index contributed by atoms with van der Waals surface area (Å²) >= 11 is 0. The molecule has 0 unspecified atom stereocenters. The van der Waals surface area contributed by atoms with Crippen LogP contribution in [0.5, 0.6) is 0 Å². The van der Waals surface area contributed by atoms with Crippen molar-refractivity contribution in [2.45, 2.75) is 19.6 Å². The highest BCUT2D eigenvalue weighted by Crippen LogP contribution is 2.25. The average Bonchev–Trinajstić information content (AvgIpc) is 3.19. The van der Waals surface area contributed by atoms with Crippen LogP contribution in [0.1, 0.15) is 21.6 Å². The van der Waals surface area contributed by atoms with Gasteiger partial charge >= 0.3 is 6.18 Å². The van der Waals surface area contributed by atoms with Gasteiger partial charge in [-0.25, -0.2) is 0 Å². The maximum Gasteiger partial charge on any atom is 0.405 e. The first kappa shape index (κ1) is 21.4. The molecular formula is C23H18F3N3O3. The van der Waals surface area contributed by atoms with Crippen LogP contribution in [0.25, 0.3) is 21.9 Å². The first-order valence-electron chi connectivity index (χ1n) is 9.70. The van der Waals surface area contributed by atoms with Crippen LogP contribution >= 0.6 is 0 Å². The molecule has 2 heterocycles. The molecule has 2 aromatic carbocycles. The number of fused-ring (bicyclic) bond motifs is 1. The molecule has 0 saturated heterocycles. The normalized spacial score (nSPS) is 11.6. The summed E-state index contributed by atoms with van der Waals surface area (Å²) in [5.41, 5.74) is 2.96. The molecule has 0 spiro atoms. The number of alkyl halides is 3. The molecule has 6 nitrogen and oxygen atoms in total. The van der Waals surface area contributed by atoms with Gasteiger partial charge in [0.2, 0.25) is 0 Å². The van der Waals surface area contributed by atoms with E-state index in [0.717, 1.165) is 22.2 Å². The molecule has 164 valence electrons. The number of nitrogens with zero attached hydrogens (tertiary/aromatic N) is 2. The van der Waals surface area contributed by atoms with Crippen LogP contribution in [0.15, 0.2) is 70.3 Å². The number of hydrogen-bond donors (Lipinski definition) is 1. The quantitative estimate of drug-likeness (QED) is 0.501. The van der Waals surface area contributed by atoms with E-state index in [2.05, 4.69) is 5.16 Å². The third-order valence-electron chi connectivity index (χ3n) is 5.03. The number of halogens is 3. The zero-order valence-electron chi connectivity index (χ0n) is 16.9. The highest BCUT2D eigenvalue weighted by atomic mass is 19.4. The van der Waals surface area contributed by atoms with E-state index in [1.165, 1.54) is 16.7 Å². The smallest absolute Gasteiger partial charge is 0.364 e. The Morgan fingerprint density at radius 1 is 1.16 bits per heavy atom. The highest BCUT2D eigenvalue weighted by molar-refractivity contribution is 5.94. The fourth-order valence-electron chi connectivity index (χ4n) is 3.44. The zero-order chi connectivity index (χ0) is 22.9. The van der Waals surface area contributed by atoms with Crippen molar-refractivity contribution in [1.29, 1.82) is 0 Å². The molecule has 2 aromatic heterocycles. The lowest BCUT2D eigenvalue weighted by Crippen LogP contribution is -2.33. The number of rotatable bonds is 5. The number of amides is 1. The monoisotopic (exact) mass is 441 g/mol. The fraction of sp³-hybridized carbons (Fsp3) is 0.174. The number of pyridine rings is 1. The van der Waals surface area contributed by atoms with Crippen molar-refractivity contribution in [2.75, 3.05) is 6.54 Å². The summed E-state index contributed by atoms with van der Waals surface area (Å²) in [7, 11) is 0. The van der Waals surface area contributed by atoms with Gasteiger partial charge in [-0.05, 0) is 53.8 Å². The van der Waals surface area contributed by atoms with E-state index in [1.807, 2.05) is 30.4 Å². The summed E-state index contributed by atoms with van der Waals surface area (Å²) in [5, 5.41) is 6.98. The predicted molar refractivity (Wildman–Crippen MR) is 112 cm³/mol. The lowest BCUT2D eigenvalue weighted by molar-refractivity contribution is -0.123. The summed E-state index contributed by atoms with van der Waals surface area (Å²) in [5.74, 6) is -0.827. The van der Waals surface area contributed by atoms with Gasteiger partial charge in [0.25, 0.3) is 11.5 Å². The maximum absolute atomic E-state index is 13.0. The van der Waals surface area contributed by atoms with Crippen molar-refractivity contribution >= 4 is 16.7 Å². The largest absolute Gasteiger partial charge is 0.405 e. The number of nitrogens with one attached hydrogen (secondary N) is 1. The minimum Gasteiger partial charge on any atom is -0.364 e. The molecule has 4 rings (SSSR count). The molecule has 9 heteroatoms. The molecule has 0 aliphatic carbocycles. The zero-order valence-corrected chi connectivity index (χ0v) is 16.9. The van der Waals surface area contributed by atoms with E-state index in [4.69, 9.17) is 4.52 Å². The molecule has 0 fully saturated rings. The van der Waals surface area contributed by atoms with Crippen molar-refractivity contribution in [3.05, 3.63) is 88.2 Å². The molecule has 1 amide bonds. The Labute approximate surface area is 180 Å². The maximum atomic E-state index is 13.0. The molecule has 0 saturated carbocycles. The van der Waals surface area contributed by atoms with Gasteiger partial charge in [0.15, 0.2) is 0 Å². The van der Waals surface area contributed by atoms with Crippen molar-refractivity contribution in [3.63, 3.8) is 0 Å². The van der Waals surface area contributed by atoms with Crippen LogP contribution in [0.4, 0.5) is 13.2 Å². The molecule has 0 aliphatic rings. The van der Waals surface area contributed by atoms with Crippen LogP contribution in [-0.4, -0.2) is 28.4 Å². The van der Waals surface area contributed by atoms with Gasteiger partial charge < -0.3 is 14.4 Å². The third-order valence-corrected chi connectivity index (χ3v) is 5.03. The molecular weight excluding hydrogens is 423 g/mol. The van der Waals surface area contributed by atoms with Gasteiger partial charge in [-0.2, -0.15) is 13.2 Å². The second-order valence-electron chi connectivity index (χ2n) is 7.36. The molecule has 0 radical (unpaired) electrons. The standard InChI is InChI=1S/C23H18F3N3O3/c1-14-20(12-32-28-14)16-5-6-19-17(10-16)7-8-29(22(19)31)11-15-3-2-4-18(9-15)21(30)27-13-23(24,25)26/h2-10,12H,11,13H2,1H3,(H,27,30). The Balaban J connectivity index is 1.58. The topological polar surface area (TPSA) is 77.1 Å². The van der Waals surface area contributed by atoms with Crippen molar-refractivity contribution in [1.82, 2.24) is 15.0 Å². The van der Waals surface area contributed by atoms with Crippen LogP contribution in [0.2, 0.25) is 0 Å². The minimum atomic E-state index is -4.49. The Hall–Kier alpha value is -3.88. The summed E-state index contributed by atoms with van der Waals surface area (Å²) in [6.07, 6.45) is -1.29. The van der Waals surface area contributed by atoms with E-state index in [1.54, 1.807) is 30.7 Å². The number of benzene rings is 2. The van der Waals surface area contributed by atoms with Crippen LogP contribution in [0, 0.1) is 6.92 Å². The Morgan fingerprint density at radius 2 is 1.97 bits per heavy atom. The minimum absolute atomic E-state index is 0.0920. The van der Waals surface area contributed by atoms with E-state index < -0.39 is 18.6 Å². The van der Waals surface area contributed by atoms with Gasteiger partial charge in [0, 0.05) is 22.7 Å². The number of aromatic nitrogens is 2.